The van der Waals surface area contributed by atoms with Gasteiger partial charge in [0.2, 0.25) is 0 Å². The molecule has 0 spiro atoms. The zero-order chi connectivity index (χ0) is 59.2. The van der Waals surface area contributed by atoms with Crippen LogP contribution in [-0.4, -0.2) is 37.2 Å². The van der Waals surface area contributed by atoms with Crippen molar-refractivity contribution in [2.75, 3.05) is 13.2 Å². The van der Waals surface area contributed by atoms with Gasteiger partial charge in [-0.1, -0.05) is 338 Å². The minimum atomic E-state index is -0.780. The molecule has 6 nitrogen and oxygen atoms in total. The van der Waals surface area contributed by atoms with E-state index >= 15 is 0 Å². The summed E-state index contributed by atoms with van der Waals surface area (Å²) in [5, 5.41) is 0. The lowest BCUT2D eigenvalue weighted by atomic mass is 10.0. The van der Waals surface area contributed by atoms with Crippen molar-refractivity contribution >= 4 is 17.9 Å². The van der Waals surface area contributed by atoms with Gasteiger partial charge in [-0.3, -0.25) is 14.4 Å². The molecule has 0 fully saturated rings. The van der Waals surface area contributed by atoms with Crippen molar-refractivity contribution in [3.05, 3.63) is 72.9 Å². The van der Waals surface area contributed by atoms with E-state index in [2.05, 4.69) is 93.7 Å². The highest BCUT2D eigenvalue weighted by Gasteiger charge is 2.19. The van der Waals surface area contributed by atoms with Gasteiger partial charge >= 0.3 is 17.9 Å². The lowest BCUT2D eigenvalue weighted by Gasteiger charge is -2.18. The Kier molecular flexibility index (Phi) is 67.6. The Morgan fingerprint density at radius 1 is 0.256 bits per heavy atom. The van der Waals surface area contributed by atoms with Gasteiger partial charge in [0.15, 0.2) is 6.10 Å². The fourth-order valence-corrected chi connectivity index (χ4v) is 10.6. The van der Waals surface area contributed by atoms with E-state index in [-0.39, 0.29) is 31.1 Å². The zero-order valence-electron chi connectivity index (χ0n) is 54.8. The van der Waals surface area contributed by atoms with Gasteiger partial charge in [0.25, 0.3) is 0 Å². The topological polar surface area (TPSA) is 78.9 Å². The van der Waals surface area contributed by atoms with E-state index in [0.29, 0.717) is 19.3 Å². The van der Waals surface area contributed by atoms with Gasteiger partial charge in [-0.25, -0.2) is 0 Å². The second-order valence-corrected chi connectivity index (χ2v) is 24.1. The van der Waals surface area contributed by atoms with E-state index in [9.17, 15) is 14.4 Å². The molecule has 0 aromatic rings. The minimum Gasteiger partial charge on any atom is -0.462 e. The molecule has 82 heavy (non-hydrogen) atoms. The molecule has 0 aromatic carbocycles. The summed E-state index contributed by atoms with van der Waals surface area (Å²) in [7, 11) is 0. The lowest BCUT2D eigenvalue weighted by molar-refractivity contribution is -0.167. The largest absolute Gasteiger partial charge is 0.462 e. The molecule has 1 atom stereocenters. The summed E-state index contributed by atoms with van der Waals surface area (Å²) in [5.41, 5.74) is 0. The smallest absolute Gasteiger partial charge is 0.306 e. The van der Waals surface area contributed by atoms with Gasteiger partial charge in [0, 0.05) is 19.3 Å². The molecular formula is C76H136O6. The number of ether oxygens (including phenoxy) is 3. The number of carbonyl (C=O) groups excluding carboxylic acids is 3. The molecule has 0 heterocycles. The quantitative estimate of drug-likeness (QED) is 0.0261. The Balaban J connectivity index is 4.25. The standard InChI is InChI=1S/C76H136O6/c1-4-7-10-13-16-19-22-25-28-30-32-34-35-36-37-38-39-40-41-42-44-45-48-51-54-57-60-63-66-69-75(78)81-72-73(71-80-74(77)68-65-62-59-56-53-50-47-27-24-21-18-15-12-9-6-3)82-76(79)70-67-64-61-58-55-52-49-46-43-33-31-29-26-23-20-17-14-11-8-5-2/h7,10,16,18-19,21,25,27-28,32,34,47,73H,4-6,8-9,11-15,17,20,22-24,26,29-31,33,35-46,48-72H2,1-3H3/b10-7-,19-16-,21-18-,28-25-,34-32-,47-27-. The van der Waals surface area contributed by atoms with E-state index in [1.54, 1.807) is 0 Å². The molecule has 0 aromatic heterocycles. The summed E-state index contributed by atoms with van der Waals surface area (Å²) in [5.74, 6) is -0.864. The molecular weight excluding hydrogens is 1010 g/mol. The number of hydrogen-bond acceptors (Lipinski definition) is 6. The van der Waals surface area contributed by atoms with Crippen LogP contribution >= 0.6 is 0 Å². The van der Waals surface area contributed by atoms with Crippen LogP contribution in [0.25, 0.3) is 0 Å². The van der Waals surface area contributed by atoms with Crippen molar-refractivity contribution in [1.29, 1.82) is 0 Å². The molecule has 6 heteroatoms. The van der Waals surface area contributed by atoms with Crippen molar-refractivity contribution in [1.82, 2.24) is 0 Å². The maximum Gasteiger partial charge on any atom is 0.306 e. The Labute approximate surface area is 510 Å². The van der Waals surface area contributed by atoms with Crippen molar-refractivity contribution in [3.63, 3.8) is 0 Å². The molecule has 0 N–H and O–H groups in total. The first-order chi connectivity index (χ1) is 40.5. The zero-order valence-corrected chi connectivity index (χ0v) is 54.8. The van der Waals surface area contributed by atoms with E-state index < -0.39 is 6.10 Å². The lowest BCUT2D eigenvalue weighted by Crippen LogP contribution is -2.30. The average molecular weight is 1150 g/mol. The van der Waals surface area contributed by atoms with E-state index in [0.717, 1.165) is 103 Å². The Morgan fingerprint density at radius 2 is 0.476 bits per heavy atom. The summed E-state index contributed by atoms with van der Waals surface area (Å²) >= 11 is 0. The molecule has 0 aliphatic carbocycles. The normalized spacial score (nSPS) is 12.5. The van der Waals surface area contributed by atoms with Crippen LogP contribution in [0.15, 0.2) is 72.9 Å². The number of unbranched alkanes of at least 4 members (excludes halogenated alkanes) is 43. The summed E-state index contributed by atoms with van der Waals surface area (Å²) in [6.07, 6.45) is 92.2. The Bertz CT molecular complexity index is 1500. The summed E-state index contributed by atoms with van der Waals surface area (Å²) < 4.78 is 17.0. The Hall–Kier alpha value is -3.15. The van der Waals surface area contributed by atoms with Crippen LogP contribution < -0.4 is 0 Å². The first kappa shape index (κ1) is 78.8. The Morgan fingerprint density at radius 3 is 0.768 bits per heavy atom. The van der Waals surface area contributed by atoms with Crippen molar-refractivity contribution in [2.24, 2.45) is 0 Å². The van der Waals surface area contributed by atoms with Crippen LogP contribution in [0.1, 0.15) is 374 Å². The monoisotopic (exact) mass is 1150 g/mol. The van der Waals surface area contributed by atoms with Gasteiger partial charge < -0.3 is 14.2 Å². The SMILES string of the molecule is CC/C=C\C/C=C\C/C=C\C/C=C\CCCCCCCCCCCCCCCCCCC(=O)OCC(COC(=O)CCCCCCC/C=C\C/C=C\CCCCC)OC(=O)CCCCCCCCCCCCCCCCCCCCCC. The third-order valence-corrected chi connectivity index (χ3v) is 15.9. The fraction of sp³-hybridized carbons (Fsp3) is 0.803. The second-order valence-electron chi connectivity index (χ2n) is 24.1. The molecule has 476 valence electrons. The van der Waals surface area contributed by atoms with Crippen LogP contribution in [0.2, 0.25) is 0 Å². The highest BCUT2D eigenvalue weighted by atomic mass is 16.6. The number of rotatable bonds is 66. The maximum atomic E-state index is 13.0. The highest BCUT2D eigenvalue weighted by molar-refractivity contribution is 5.71. The molecule has 0 radical (unpaired) electrons. The van der Waals surface area contributed by atoms with Crippen molar-refractivity contribution in [3.8, 4) is 0 Å². The summed E-state index contributed by atoms with van der Waals surface area (Å²) in [6.45, 7) is 6.55. The maximum absolute atomic E-state index is 13.0. The van der Waals surface area contributed by atoms with Crippen molar-refractivity contribution in [2.45, 2.75) is 380 Å². The molecule has 0 amide bonds. The molecule has 0 rings (SSSR count). The van der Waals surface area contributed by atoms with Gasteiger partial charge in [0.1, 0.15) is 13.2 Å². The van der Waals surface area contributed by atoms with E-state index in [4.69, 9.17) is 14.2 Å². The second kappa shape index (κ2) is 70.3. The van der Waals surface area contributed by atoms with Crippen LogP contribution in [-0.2, 0) is 28.6 Å². The van der Waals surface area contributed by atoms with E-state index in [1.807, 2.05) is 0 Å². The molecule has 0 aliphatic rings. The fourth-order valence-electron chi connectivity index (χ4n) is 10.6. The average Bonchev–Trinajstić information content (AvgIpc) is 3.47. The minimum absolute atomic E-state index is 0.0748. The molecule has 0 bridgehead atoms. The third-order valence-electron chi connectivity index (χ3n) is 15.9. The van der Waals surface area contributed by atoms with Gasteiger partial charge in [0.05, 0.1) is 0 Å². The van der Waals surface area contributed by atoms with Crippen LogP contribution in [0.3, 0.4) is 0 Å². The predicted octanol–water partition coefficient (Wildman–Crippen LogP) is 24.8. The highest BCUT2D eigenvalue weighted by Crippen LogP contribution is 2.18. The number of esters is 3. The summed E-state index contributed by atoms with van der Waals surface area (Å²) in [6, 6.07) is 0. The number of hydrogen-bond donors (Lipinski definition) is 0. The first-order valence-electron chi connectivity index (χ1n) is 35.9. The first-order valence-corrected chi connectivity index (χ1v) is 35.9. The van der Waals surface area contributed by atoms with Crippen molar-refractivity contribution < 1.29 is 28.6 Å². The molecule has 0 saturated heterocycles. The number of allylic oxidation sites excluding steroid dienone is 12. The molecule has 0 aliphatic heterocycles. The molecule has 0 saturated carbocycles. The van der Waals surface area contributed by atoms with Crippen LogP contribution in [0.4, 0.5) is 0 Å². The van der Waals surface area contributed by atoms with Gasteiger partial charge in [-0.05, 0) is 89.9 Å². The van der Waals surface area contributed by atoms with Gasteiger partial charge in [-0.2, -0.15) is 0 Å². The number of carbonyl (C=O) groups is 3. The van der Waals surface area contributed by atoms with Crippen LogP contribution in [0, 0.1) is 0 Å². The van der Waals surface area contributed by atoms with E-state index in [1.165, 1.54) is 231 Å². The summed E-state index contributed by atoms with van der Waals surface area (Å²) in [4.78, 5) is 38.5. The third kappa shape index (κ3) is 67.6. The predicted molar refractivity (Wildman–Crippen MR) is 358 cm³/mol. The van der Waals surface area contributed by atoms with Gasteiger partial charge in [-0.15, -0.1) is 0 Å². The van der Waals surface area contributed by atoms with Crippen LogP contribution in [0.5, 0.6) is 0 Å². The molecule has 1 unspecified atom stereocenters.